The lowest BCUT2D eigenvalue weighted by Crippen LogP contribution is -2.43. The topological polar surface area (TPSA) is 118 Å². The number of nitrogens with zero attached hydrogens (tertiary/aromatic N) is 7. The molecule has 2 aliphatic heterocycles. The summed E-state index contributed by atoms with van der Waals surface area (Å²) in [5, 5.41) is 3.34. The highest BCUT2D eigenvalue weighted by molar-refractivity contribution is 5.67. The highest BCUT2D eigenvalue weighted by atomic mass is 16.5. The van der Waals surface area contributed by atoms with Crippen LogP contribution in [-0.4, -0.2) is 104 Å². The Morgan fingerprint density at radius 1 is 0.625 bits per heavy atom. The first-order valence-electron chi connectivity index (χ1n) is 19.0. The molecule has 0 saturated carbocycles. The lowest BCUT2D eigenvalue weighted by Gasteiger charge is -2.36. The van der Waals surface area contributed by atoms with Crippen LogP contribution in [0.3, 0.4) is 0 Å². The number of anilines is 2. The molecule has 0 unspecified atom stereocenters. The van der Waals surface area contributed by atoms with E-state index in [1.807, 2.05) is 73.9 Å². The molecule has 2 fully saturated rings. The van der Waals surface area contributed by atoms with Gasteiger partial charge in [-0.25, -0.2) is 9.97 Å². The van der Waals surface area contributed by atoms with Crippen LogP contribution < -0.4 is 40.4 Å². The minimum atomic E-state index is -0.102. The van der Waals surface area contributed by atoms with Crippen LogP contribution in [0.25, 0.3) is 33.8 Å². The third-order valence-corrected chi connectivity index (χ3v) is 10.7. The van der Waals surface area contributed by atoms with Crippen molar-refractivity contribution in [2.45, 2.75) is 25.8 Å². The van der Waals surface area contributed by atoms with E-state index >= 15 is 0 Å². The summed E-state index contributed by atoms with van der Waals surface area (Å²) in [4.78, 5) is 41.8. The Morgan fingerprint density at radius 2 is 1.12 bits per heavy atom. The van der Waals surface area contributed by atoms with Crippen LogP contribution in [0.5, 0.6) is 17.2 Å². The van der Waals surface area contributed by atoms with Crippen LogP contribution in [0.4, 0.5) is 11.4 Å². The summed E-state index contributed by atoms with van der Waals surface area (Å²) in [7, 11) is 9.11. The number of hydrogen-bond acceptors (Lipinski definition) is 11. The van der Waals surface area contributed by atoms with E-state index in [4.69, 9.17) is 19.2 Å². The Bertz CT molecular complexity index is 2450. The monoisotopic (exact) mass is 758 g/mol. The Hall–Kier alpha value is -5.92. The molecule has 6 heterocycles. The average molecular weight is 759 g/mol. The molecule has 6 aromatic rings. The second kappa shape index (κ2) is 16.8. The van der Waals surface area contributed by atoms with Gasteiger partial charge in [-0.05, 0) is 100 Å². The molecule has 292 valence electrons. The lowest BCUT2D eigenvalue weighted by atomic mass is 10.0. The summed E-state index contributed by atoms with van der Waals surface area (Å²) in [6.45, 7) is 7.76. The molecule has 0 radical (unpaired) electrons. The van der Waals surface area contributed by atoms with Crippen molar-refractivity contribution >= 4 is 22.7 Å². The maximum Gasteiger partial charge on any atom is 0.258 e. The smallest absolute Gasteiger partial charge is 0.258 e. The quantitative estimate of drug-likeness (QED) is 0.226. The van der Waals surface area contributed by atoms with Gasteiger partial charge in [0.15, 0.2) is 11.5 Å². The summed E-state index contributed by atoms with van der Waals surface area (Å²) in [6.07, 6.45) is 6.03. The van der Waals surface area contributed by atoms with Gasteiger partial charge in [-0.2, -0.15) is 0 Å². The van der Waals surface area contributed by atoms with Crippen molar-refractivity contribution in [2.75, 3.05) is 84.5 Å². The number of piperidine rings is 1. The van der Waals surface area contributed by atoms with E-state index in [1.165, 1.54) is 0 Å². The predicted molar refractivity (Wildman–Crippen MR) is 222 cm³/mol. The van der Waals surface area contributed by atoms with Gasteiger partial charge < -0.3 is 34.2 Å². The van der Waals surface area contributed by atoms with E-state index in [2.05, 4.69) is 45.2 Å². The molecule has 4 aromatic heterocycles. The van der Waals surface area contributed by atoms with E-state index in [9.17, 15) is 9.59 Å². The van der Waals surface area contributed by atoms with Gasteiger partial charge in [-0.1, -0.05) is 0 Å². The number of ether oxygens (including phenoxy) is 3. The van der Waals surface area contributed by atoms with Crippen LogP contribution in [-0.2, 0) is 0 Å². The number of rotatable bonds is 8. The van der Waals surface area contributed by atoms with Crippen molar-refractivity contribution in [3.05, 3.63) is 111 Å². The molecular weight excluding hydrogens is 709 g/mol. The van der Waals surface area contributed by atoms with Gasteiger partial charge in [0.2, 0.25) is 0 Å². The largest absolute Gasteiger partial charge is 0.496 e. The second-order valence-electron chi connectivity index (χ2n) is 14.4. The number of benzene rings is 2. The fraction of sp³-hybridized carbons (Fsp3) is 0.349. The first-order chi connectivity index (χ1) is 27.1. The van der Waals surface area contributed by atoms with E-state index in [-0.39, 0.29) is 11.1 Å². The molecule has 0 amide bonds. The molecule has 1 N–H and O–H groups in total. The third kappa shape index (κ3) is 8.19. The van der Waals surface area contributed by atoms with Crippen LogP contribution in [0.1, 0.15) is 18.4 Å². The number of hydrogen-bond donors (Lipinski definition) is 1. The van der Waals surface area contributed by atoms with Gasteiger partial charge in [0.25, 0.3) is 11.1 Å². The molecule has 0 atom stereocenters. The number of methoxy groups -OCH3 is 3. The van der Waals surface area contributed by atoms with E-state index in [0.29, 0.717) is 40.2 Å². The zero-order valence-corrected chi connectivity index (χ0v) is 33.0. The van der Waals surface area contributed by atoms with E-state index < -0.39 is 0 Å². The van der Waals surface area contributed by atoms with Crippen molar-refractivity contribution in [3.63, 3.8) is 0 Å². The summed E-state index contributed by atoms with van der Waals surface area (Å²) in [5.41, 5.74) is 7.23. The highest BCUT2D eigenvalue weighted by Gasteiger charge is 2.21. The van der Waals surface area contributed by atoms with Crippen LogP contribution in [0.2, 0.25) is 0 Å². The molecule has 0 aliphatic carbocycles. The standard InChI is InChI=1S/C23H28N4O3.C20H22N4O2/c1-25(2)17-9-11-26(12-10-17)18-6-8-22-24-19(14-23(28)27(22)15-18)16-5-7-20(29-3)21(13-16)30-4;1-14-11-15(3-5-18(14)26-2)17-12-20(25)24-13-16(4-6-19(24)22-17)23-9-7-21-8-10-23/h5-8,13-15,17H,9-12H2,1-4H3;3-6,11-13,21H,7-10H2,1-2H3. The summed E-state index contributed by atoms with van der Waals surface area (Å²) >= 11 is 0. The second-order valence-corrected chi connectivity index (χ2v) is 14.4. The molecule has 2 saturated heterocycles. The third-order valence-electron chi connectivity index (χ3n) is 10.7. The number of aryl methyl sites for hydroxylation is 1. The maximum absolute atomic E-state index is 12.9. The molecular formula is C43H50N8O5. The molecule has 13 nitrogen and oxygen atoms in total. The molecule has 8 rings (SSSR count). The number of piperazine rings is 1. The lowest BCUT2D eigenvalue weighted by molar-refractivity contribution is 0.249. The summed E-state index contributed by atoms with van der Waals surface area (Å²) < 4.78 is 19.2. The number of aromatic nitrogens is 4. The van der Waals surface area contributed by atoms with Crippen molar-refractivity contribution in [1.29, 1.82) is 0 Å². The Kier molecular flexibility index (Phi) is 11.5. The SMILES string of the molecule is COc1ccc(-c2cc(=O)n3cc(N4CCC(N(C)C)CC4)ccc3n2)cc1OC.COc1ccc(-c2cc(=O)n3cc(N4CCNCC4)ccc3n2)cc1C. The molecule has 13 heteroatoms. The summed E-state index contributed by atoms with van der Waals surface area (Å²) in [6, 6.07) is 23.1. The maximum atomic E-state index is 12.9. The van der Waals surface area contributed by atoms with Crippen LogP contribution in [0, 0.1) is 6.92 Å². The van der Waals surface area contributed by atoms with Crippen LogP contribution in [0.15, 0.2) is 94.8 Å². The molecule has 0 spiro atoms. The average Bonchev–Trinajstić information content (AvgIpc) is 3.23. The van der Waals surface area contributed by atoms with Crippen molar-refractivity contribution in [2.24, 2.45) is 0 Å². The molecule has 2 aromatic carbocycles. The summed E-state index contributed by atoms with van der Waals surface area (Å²) in [5.74, 6) is 2.07. The van der Waals surface area contributed by atoms with Gasteiger partial charge in [0, 0.05) is 81.0 Å². The predicted octanol–water partition coefficient (Wildman–Crippen LogP) is 5.00. The van der Waals surface area contributed by atoms with Crippen molar-refractivity contribution in [1.82, 2.24) is 29.0 Å². The first-order valence-corrected chi connectivity index (χ1v) is 19.0. The van der Waals surface area contributed by atoms with Gasteiger partial charge in [-0.15, -0.1) is 0 Å². The van der Waals surface area contributed by atoms with Crippen molar-refractivity contribution in [3.8, 4) is 39.8 Å². The minimum Gasteiger partial charge on any atom is -0.496 e. The van der Waals surface area contributed by atoms with Crippen LogP contribution >= 0.6 is 0 Å². The van der Waals surface area contributed by atoms with Crippen molar-refractivity contribution < 1.29 is 14.2 Å². The molecule has 2 aliphatic rings. The molecule has 0 bridgehead atoms. The zero-order chi connectivity index (χ0) is 39.3. The fourth-order valence-electron chi connectivity index (χ4n) is 7.45. The van der Waals surface area contributed by atoms with E-state index in [0.717, 1.165) is 85.9 Å². The zero-order valence-electron chi connectivity index (χ0n) is 33.0. The number of fused-ring (bicyclic) bond motifs is 2. The normalized spacial score (nSPS) is 14.8. The Balaban J connectivity index is 0.000000173. The number of nitrogens with one attached hydrogen (secondary N) is 1. The number of pyridine rings is 2. The van der Waals surface area contributed by atoms with Gasteiger partial charge >= 0.3 is 0 Å². The minimum absolute atomic E-state index is 0.0737. The van der Waals surface area contributed by atoms with Gasteiger partial charge in [-0.3, -0.25) is 18.4 Å². The van der Waals surface area contributed by atoms with E-state index in [1.54, 1.807) is 42.3 Å². The van der Waals surface area contributed by atoms with Gasteiger partial charge in [0.05, 0.1) is 44.1 Å². The fourth-order valence-corrected chi connectivity index (χ4v) is 7.45. The highest BCUT2D eigenvalue weighted by Crippen LogP contribution is 2.32. The Labute approximate surface area is 326 Å². The Morgan fingerprint density at radius 3 is 1.62 bits per heavy atom. The first kappa shape index (κ1) is 38.4. The van der Waals surface area contributed by atoms with Gasteiger partial charge in [0.1, 0.15) is 17.0 Å². The molecule has 56 heavy (non-hydrogen) atoms.